The van der Waals surface area contributed by atoms with Crippen LogP contribution in [0, 0.1) is 11.3 Å². The summed E-state index contributed by atoms with van der Waals surface area (Å²) < 4.78 is 1.50. The largest absolute Gasteiger partial charge is 0.368 e. The van der Waals surface area contributed by atoms with Gasteiger partial charge in [0.15, 0.2) is 10.8 Å². The van der Waals surface area contributed by atoms with E-state index in [0.29, 0.717) is 32.9 Å². The van der Waals surface area contributed by atoms with Crippen molar-refractivity contribution in [2.75, 3.05) is 0 Å². The third kappa shape index (κ3) is 3.78. The molecule has 4 rings (SSSR count). The van der Waals surface area contributed by atoms with Crippen LogP contribution in [0.15, 0.2) is 64.7 Å². The van der Waals surface area contributed by atoms with E-state index in [1.165, 1.54) is 10.9 Å². The average Bonchev–Trinajstić information content (AvgIpc) is 3.16. The normalized spacial score (nSPS) is 11.9. The number of halogens is 1. The number of rotatable bonds is 5. The molecular formula is C20H13ClN6O2S. The highest BCUT2D eigenvalue weighted by Crippen LogP contribution is 2.33. The fraction of sp³-hybridized carbons (Fsp3) is 0.0500. The Morgan fingerprint density at radius 3 is 2.70 bits per heavy atom. The smallest absolute Gasteiger partial charge is 0.262 e. The molecule has 2 aromatic heterocycles. The molecule has 0 saturated carbocycles. The number of hydrogen-bond acceptors (Lipinski definition) is 6. The molecule has 0 aliphatic rings. The van der Waals surface area contributed by atoms with Crippen LogP contribution in [-0.4, -0.2) is 25.7 Å². The van der Waals surface area contributed by atoms with Gasteiger partial charge in [-0.2, -0.15) is 10.4 Å². The van der Waals surface area contributed by atoms with Gasteiger partial charge in [-0.15, -0.1) is 0 Å². The number of carbonyl (C=O) groups excluding carboxylic acids is 1. The lowest BCUT2D eigenvalue weighted by atomic mass is 10.1. The summed E-state index contributed by atoms with van der Waals surface area (Å²) in [5.74, 6) is -0.601. The van der Waals surface area contributed by atoms with Crippen LogP contribution >= 0.6 is 23.4 Å². The van der Waals surface area contributed by atoms with Crippen LogP contribution in [0.2, 0.25) is 5.02 Å². The van der Waals surface area contributed by atoms with Gasteiger partial charge in [0.05, 0.1) is 23.5 Å². The number of H-pyrrole nitrogens is 1. The van der Waals surface area contributed by atoms with Crippen LogP contribution in [0.5, 0.6) is 0 Å². The second-order valence-electron chi connectivity index (χ2n) is 6.28. The minimum absolute atomic E-state index is 0.212. The zero-order valence-electron chi connectivity index (χ0n) is 15.2. The van der Waals surface area contributed by atoms with E-state index in [2.05, 4.69) is 15.1 Å². The highest BCUT2D eigenvalue weighted by atomic mass is 35.5. The van der Waals surface area contributed by atoms with Crippen molar-refractivity contribution >= 4 is 40.3 Å². The fourth-order valence-corrected chi connectivity index (χ4v) is 3.99. The Balaban J connectivity index is 1.76. The second kappa shape index (κ2) is 8.02. The maximum atomic E-state index is 12.5. The van der Waals surface area contributed by atoms with E-state index in [-0.39, 0.29) is 10.7 Å². The molecule has 0 aliphatic heterocycles. The van der Waals surface area contributed by atoms with Crippen molar-refractivity contribution in [1.82, 2.24) is 19.7 Å². The highest BCUT2D eigenvalue weighted by molar-refractivity contribution is 8.00. The average molecular weight is 437 g/mol. The number of carbonyl (C=O) groups is 1. The summed E-state index contributed by atoms with van der Waals surface area (Å²) in [7, 11) is 0. The Hall–Kier alpha value is -3.61. The van der Waals surface area contributed by atoms with Gasteiger partial charge >= 0.3 is 0 Å². The summed E-state index contributed by atoms with van der Waals surface area (Å²) in [6.07, 6.45) is 1.42. The standard InChI is InChI=1S/C20H13ClN6O2S/c21-13-2-1-3-14(8-13)27-18-15(10-24-27)19(29)26-20(25-18)30-16(17(23)28)12-6-4-11(9-22)5-7-12/h1-8,10,16H,(H2,23,28)(H,25,26,29). The lowest BCUT2D eigenvalue weighted by Gasteiger charge is -2.13. The van der Waals surface area contributed by atoms with E-state index in [4.69, 9.17) is 22.6 Å². The van der Waals surface area contributed by atoms with Crippen molar-refractivity contribution in [3.8, 4) is 11.8 Å². The topological polar surface area (TPSA) is 130 Å². The molecule has 0 saturated heterocycles. The zero-order valence-corrected chi connectivity index (χ0v) is 16.8. The van der Waals surface area contributed by atoms with E-state index in [0.717, 1.165) is 11.8 Å². The van der Waals surface area contributed by atoms with Gasteiger partial charge < -0.3 is 10.7 Å². The molecule has 3 N–H and O–H groups in total. The molecule has 0 radical (unpaired) electrons. The number of fused-ring (bicyclic) bond motifs is 1. The first-order valence-corrected chi connectivity index (χ1v) is 9.92. The van der Waals surface area contributed by atoms with Crippen molar-refractivity contribution in [3.63, 3.8) is 0 Å². The number of primary amides is 1. The van der Waals surface area contributed by atoms with Gasteiger partial charge in [-0.05, 0) is 35.9 Å². The molecule has 0 fully saturated rings. The summed E-state index contributed by atoms with van der Waals surface area (Å²) in [5.41, 5.74) is 7.22. The Labute approximate surface area is 179 Å². The van der Waals surface area contributed by atoms with Gasteiger partial charge in [-0.3, -0.25) is 9.59 Å². The van der Waals surface area contributed by atoms with Gasteiger partial charge in [0.2, 0.25) is 5.91 Å². The number of amides is 1. The molecular weight excluding hydrogens is 424 g/mol. The van der Waals surface area contributed by atoms with E-state index in [9.17, 15) is 9.59 Å². The lowest BCUT2D eigenvalue weighted by molar-refractivity contribution is -0.117. The number of nitrogens with zero attached hydrogens (tertiary/aromatic N) is 4. The minimum Gasteiger partial charge on any atom is -0.368 e. The quantitative estimate of drug-likeness (QED) is 0.365. The van der Waals surface area contributed by atoms with Crippen molar-refractivity contribution in [3.05, 3.63) is 81.2 Å². The number of nitriles is 1. The van der Waals surface area contributed by atoms with E-state index >= 15 is 0 Å². The second-order valence-corrected chi connectivity index (χ2v) is 7.81. The van der Waals surface area contributed by atoms with Crippen molar-refractivity contribution in [2.24, 2.45) is 5.73 Å². The highest BCUT2D eigenvalue weighted by Gasteiger charge is 2.22. The van der Waals surface area contributed by atoms with Gasteiger partial charge in [-0.1, -0.05) is 41.6 Å². The summed E-state index contributed by atoms with van der Waals surface area (Å²) in [4.78, 5) is 31.8. The van der Waals surface area contributed by atoms with E-state index < -0.39 is 11.2 Å². The van der Waals surface area contributed by atoms with Crippen molar-refractivity contribution in [1.29, 1.82) is 5.26 Å². The van der Waals surface area contributed by atoms with Gasteiger partial charge in [0, 0.05) is 5.02 Å². The Morgan fingerprint density at radius 1 is 1.27 bits per heavy atom. The van der Waals surface area contributed by atoms with E-state index in [1.807, 2.05) is 6.07 Å². The molecule has 1 amide bonds. The van der Waals surface area contributed by atoms with Crippen LogP contribution in [-0.2, 0) is 4.79 Å². The number of nitrogens with one attached hydrogen (secondary N) is 1. The Kier molecular flexibility index (Phi) is 5.27. The van der Waals surface area contributed by atoms with Crippen molar-refractivity contribution in [2.45, 2.75) is 10.4 Å². The first-order chi connectivity index (χ1) is 14.5. The number of aromatic nitrogens is 4. The summed E-state index contributed by atoms with van der Waals surface area (Å²) >= 11 is 7.08. The zero-order chi connectivity index (χ0) is 21.3. The maximum absolute atomic E-state index is 12.5. The molecule has 8 nitrogen and oxygen atoms in total. The maximum Gasteiger partial charge on any atom is 0.262 e. The monoisotopic (exact) mass is 436 g/mol. The molecule has 0 bridgehead atoms. The third-order valence-electron chi connectivity index (χ3n) is 4.30. The molecule has 2 aromatic carbocycles. The molecule has 1 unspecified atom stereocenters. The van der Waals surface area contributed by atoms with Crippen LogP contribution in [0.4, 0.5) is 0 Å². The van der Waals surface area contributed by atoms with Crippen LogP contribution in [0.3, 0.4) is 0 Å². The predicted octanol–water partition coefficient (Wildman–Crippen LogP) is 2.95. The number of hydrogen-bond donors (Lipinski definition) is 2. The van der Waals surface area contributed by atoms with Crippen molar-refractivity contribution < 1.29 is 4.79 Å². The SMILES string of the molecule is N#Cc1ccc(C(Sc2nc3c(cnn3-c3cccc(Cl)c3)c(=O)[nH]2)C(N)=O)cc1. The van der Waals surface area contributed by atoms with Crippen LogP contribution in [0.1, 0.15) is 16.4 Å². The molecule has 148 valence electrons. The number of nitrogens with two attached hydrogens (primary N) is 1. The number of aromatic amines is 1. The van der Waals surface area contributed by atoms with Crippen LogP contribution in [0.25, 0.3) is 16.7 Å². The molecule has 0 spiro atoms. The molecule has 0 aliphatic carbocycles. The van der Waals surface area contributed by atoms with E-state index in [1.54, 1.807) is 48.5 Å². The third-order valence-corrected chi connectivity index (χ3v) is 5.69. The van der Waals surface area contributed by atoms with Gasteiger partial charge in [0.25, 0.3) is 5.56 Å². The van der Waals surface area contributed by atoms with Gasteiger partial charge in [-0.25, -0.2) is 9.67 Å². The molecule has 2 heterocycles. The molecule has 30 heavy (non-hydrogen) atoms. The number of thioether (sulfide) groups is 1. The Morgan fingerprint density at radius 2 is 2.03 bits per heavy atom. The van der Waals surface area contributed by atoms with Crippen LogP contribution < -0.4 is 11.3 Å². The first kappa shape index (κ1) is 19.7. The molecule has 10 heteroatoms. The Bertz CT molecular complexity index is 1360. The first-order valence-electron chi connectivity index (χ1n) is 8.66. The molecule has 4 aromatic rings. The molecule has 1 atom stereocenters. The summed E-state index contributed by atoms with van der Waals surface area (Å²) in [6.45, 7) is 0. The summed E-state index contributed by atoms with van der Waals surface area (Å²) in [5, 5.41) is 13.4. The fourth-order valence-electron chi connectivity index (χ4n) is 2.89. The number of benzene rings is 2. The lowest BCUT2D eigenvalue weighted by Crippen LogP contribution is -2.20. The predicted molar refractivity (Wildman–Crippen MR) is 113 cm³/mol. The summed E-state index contributed by atoms with van der Waals surface area (Å²) in [6, 6.07) is 15.5. The minimum atomic E-state index is -0.805. The van der Waals surface area contributed by atoms with Gasteiger partial charge in [0.1, 0.15) is 10.6 Å².